The lowest BCUT2D eigenvalue weighted by molar-refractivity contribution is -0.137. The van der Waals surface area contributed by atoms with E-state index in [2.05, 4.69) is 26.1 Å². The maximum atomic E-state index is 12.8. The molecule has 0 fully saturated rings. The number of hydrogen-bond donors (Lipinski definition) is 4. The van der Waals surface area contributed by atoms with Gasteiger partial charge in [-0.3, -0.25) is 25.2 Å². The number of aromatic nitrogens is 2. The normalized spacial score (nSPS) is 15.7. The number of nitrogens with one attached hydrogen (secondary N) is 4. The molecule has 2 aromatic carbocycles. The van der Waals surface area contributed by atoms with Crippen LogP contribution in [0.5, 0.6) is 0 Å². The zero-order chi connectivity index (χ0) is 22.9. The van der Waals surface area contributed by atoms with E-state index < -0.39 is 34.7 Å². The van der Waals surface area contributed by atoms with Crippen LogP contribution in [0.25, 0.3) is 11.0 Å². The molecule has 3 amide bonds. The fourth-order valence-corrected chi connectivity index (χ4v) is 4.20. The van der Waals surface area contributed by atoms with Gasteiger partial charge in [-0.25, -0.2) is 4.98 Å². The van der Waals surface area contributed by atoms with Crippen molar-refractivity contribution in [1.29, 1.82) is 0 Å². The van der Waals surface area contributed by atoms with Crippen molar-refractivity contribution < 1.29 is 27.6 Å². The lowest BCUT2D eigenvalue weighted by Crippen LogP contribution is -2.44. The van der Waals surface area contributed by atoms with Crippen LogP contribution in [0.1, 0.15) is 17.8 Å². The molecule has 4 rings (SSSR count). The molecule has 0 saturated heterocycles. The molecule has 1 aliphatic rings. The molecule has 0 bridgehead atoms. The number of amides is 3. The maximum Gasteiger partial charge on any atom is 0.416 e. The highest BCUT2D eigenvalue weighted by Gasteiger charge is 2.34. The van der Waals surface area contributed by atoms with Gasteiger partial charge in [-0.1, -0.05) is 12.1 Å². The Balaban J connectivity index is 1.30. The summed E-state index contributed by atoms with van der Waals surface area (Å²) in [7, 11) is 0. The van der Waals surface area contributed by atoms with Crippen LogP contribution in [-0.4, -0.2) is 32.9 Å². The van der Waals surface area contributed by atoms with Crippen molar-refractivity contribution in [3.8, 4) is 0 Å². The molecular formula is C20H16F3N5O3S. The third kappa shape index (κ3) is 4.85. The number of benzene rings is 2. The summed E-state index contributed by atoms with van der Waals surface area (Å²) in [6.07, 6.45) is -4.90. The highest BCUT2D eigenvalue weighted by molar-refractivity contribution is 8.01. The van der Waals surface area contributed by atoms with Gasteiger partial charge in [-0.2, -0.15) is 13.2 Å². The monoisotopic (exact) mass is 463 g/mol. The molecule has 1 unspecified atom stereocenters. The Morgan fingerprint density at radius 3 is 2.59 bits per heavy atom. The summed E-state index contributed by atoms with van der Waals surface area (Å²) in [4.78, 5) is 44.1. The van der Waals surface area contributed by atoms with E-state index in [1.165, 1.54) is 6.07 Å². The minimum atomic E-state index is -4.53. The molecule has 32 heavy (non-hydrogen) atoms. The molecule has 2 heterocycles. The summed E-state index contributed by atoms with van der Waals surface area (Å²) in [6.45, 7) is 0. The van der Waals surface area contributed by atoms with E-state index >= 15 is 0 Å². The third-order valence-corrected chi connectivity index (χ3v) is 5.88. The van der Waals surface area contributed by atoms with Crippen molar-refractivity contribution in [2.45, 2.75) is 29.2 Å². The lowest BCUT2D eigenvalue weighted by atomic mass is 10.1. The molecule has 1 atom stereocenters. The molecule has 0 spiro atoms. The number of fused-ring (bicyclic) bond motifs is 2. The zero-order valence-electron chi connectivity index (χ0n) is 16.2. The van der Waals surface area contributed by atoms with E-state index in [0.717, 1.165) is 29.4 Å². The molecule has 8 nitrogen and oxygen atoms in total. The fraction of sp³-hybridized carbons (Fsp3) is 0.200. The van der Waals surface area contributed by atoms with Gasteiger partial charge in [0.2, 0.25) is 17.7 Å². The number of para-hydroxylation sites is 2. The molecule has 0 aliphatic carbocycles. The fourth-order valence-electron chi connectivity index (χ4n) is 3.11. The number of hydrogen-bond acceptors (Lipinski definition) is 5. The van der Waals surface area contributed by atoms with Crippen molar-refractivity contribution in [3.05, 3.63) is 53.9 Å². The topological polar surface area (TPSA) is 116 Å². The molecule has 3 aromatic rings. The number of rotatable bonds is 4. The number of alkyl halides is 3. The van der Waals surface area contributed by atoms with Crippen LogP contribution in [0, 0.1) is 0 Å². The number of anilines is 1. The van der Waals surface area contributed by atoms with Crippen molar-refractivity contribution in [1.82, 2.24) is 20.8 Å². The highest BCUT2D eigenvalue weighted by atomic mass is 32.2. The Labute approximate surface area is 183 Å². The average molecular weight is 463 g/mol. The van der Waals surface area contributed by atoms with E-state index in [1.807, 2.05) is 18.2 Å². The summed E-state index contributed by atoms with van der Waals surface area (Å²) in [6, 6.07) is 10.3. The van der Waals surface area contributed by atoms with Gasteiger partial charge < -0.3 is 10.3 Å². The molecule has 4 N–H and O–H groups in total. The van der Waals surface area contributed by atoms with Crippen LogP contribution in [0.3, 0.4) is 0 Å². The van der Waals surface area contributed by atoms with Crippen molar-refractivity contribution in [2.75, 3.05) is 5.32 Å². The Kier molecular flexibility index (Phi) is 5.78. The van der Waals surface area contributed by atoms with Gasteiger partial charge in [0.15, 0.2) is 0 Å². The van der Waals surface area contributed by atoms with E-state index in [9.17, 15) is 27.6 Å². The predicted octanol–water partition coefficient (Wildman–Crippen LogP) is 2.77. The standard InChI is InChI=1S/C20H16F3N5O3S/c21-20(22,23)10-5-6-14-13(7-10)26-19(31)15(32-14)8-17(29)27-28-18(30)9-16-24-11-3-1-2-4-12(11)25-16/h1-7,15H,8-9H2,(H,24,25)(H,26,31)(H,27,29)(H,28,30). The van der Waals surface area contributed by atoms with E-state index in [1.54, 1.807) is 6.07 Å². The number of imidazole rings is 1. The van der Waals surface area contributed by atoms with Crippen LogP contribution < -0.4 is 16.2 Å². The minimum absolute atomic E-state index is 0.0469. The van der Waals surface area contributed by atoms with Gasteiger partial charge in [0, 0.05) is 11.3 Å². The minimum Gasteiger partial charge on any atom is -0.342 e. The Hall–Kier alpha value is -3.54. The third-order valence-electron chi connectivity index (χ3n) is 4.60. The summed E-state index contributed by atoms with van der Waals surface area (Å²) >= 11 is 0.984. The number of carbonyl (C=O) groups excluding carboxylic acids is 3. The second kappa shape index (κ2) is 8.54. The molecule has 12 heteroatoms. The number of hydrazine groups is 1. The van der Waals surface area contributed by atoms with E-state index in [-0.39, 0.29) is 18.5 Å². The van der Waals surface area contributed by atoms with Gasteiger partial charge in [0.05, 0.1) is 34.0 Å². The highest BCUT2D eigenvalue weighted by Crippen LogP contribution is 2.40. The van der Waals surface area contributed by atoms with Crippen LogP contribution in [0.15, 0.2) is 47.4 Å². The van der Waals surface area contributed by atoms with E-state index in [4.69, 9.17) is 0 Å². The van der Waals surface area contributed by atoms with Crippen LogP contribution in [-0.2, 0) is 27.0 Å². The largest absolute Gasteiger partial charge is 0.416 e. The summed E-state index contributed by atoms with van der Waals surface area (Å²) in [5.41, 5.74) is 5.16. The lowest BCUT2D eigenvalue weighted by Gasteiger charge is -2.24. The maximum absolute atomic E-state index is 12.8. The Morgan fingerprint density at radius 2 is 1.84 bits per heavy atom. The second-order valence-electron chi connectivity index (χ2n) is 6.98. The number of thioether (sulfide) groups is 1. The predicted molar refractivity (Wildman–Crippen MR) is 110 cm³/mol. The molecule has 166 valence electrons. The quantitative estimate of drug-likeness (QED) is 0.444. The molecule has 0 radical (unpaired) electrons. The number of halogens is 3. The molecular weight excluding hydrogens is 447 g/mol. The first-order valence-corrected chi connectivity index (χ1v) is 10.3. The van der Waals surface area contributed by atoms with Crippen LogP contribution >= 0.6 is 11.8 Å². The van der Waals surface area contributed by atoms with E-state index in [0.29, 0.717) is 16.2 Å². The Morgan fingerprint density at radius 1 is 1.09 bits per heavy atom. The first-order valence-electron chi connectivity index (χ1n) is 9.39. The number of nitrogens with zero attached hydrogens (tertiary/aromatic N) is 1. The SMILES string of the molecule is O=C(Cc1nc2ccccc2[nH]1)NNC(=O)CC1Sc2ccc(C(F)(F)F)cc2NC1=O. The Bertz CT molecular complexity index is 1180. The summed E-state index contributed by atoms with van der Waals surface area (Å²) in [5, 5.41) is 1.54. The number of carbonyl (C=O) groups is 3. The molecule has 1 aromatic heterocycles. The molecule has 0 saturated carbocycles. The van der Waals surface area contributed by atoms with Gasteiger partial charge in [0.1, 0.15) is 5.82 Å². The smallest absolute Gasteiger partial charge is 0.342 e. The van der Waals surface area contributed by atoms with Crippen LogP contribution in [0.4, 0.5) is 18.9 Å². The summed E-state index contributed by atoms with van der Waals surface area (Å²) in [5.74, 6) is -1.30. The van der Waals surface area contributed by atoms with Crippen molar-refractivity contribution in [3.63, 3.8) is 0 Å². The van der Waals surface area contributed by atoms with Gasteiger partial charge in [0.25, 0.3) is 0 Å². The van der Waals surface area contributed by atoms with Crippen LogP contribution in [0.2, 0.25) is 0 Å². The zero-order valence-corrected chi connectivity index (χ0v) is 17.1. The number of H-pyrrole nitrogens is 1. The van der Waals surface area contributed by atoms with Gasteiger partial charge >= 0.3 is 6.18 Å². The molecule has 1 aliphatic heterocycles. The van der Waals surface area contributed by atoms with Gasteiger partial charge in [-0.15, -0.1) is 11.8 Å². The summed E-state index contributed by atoms with van der Waals surface area (Å²) < 4.78 is 38.5. The second-order valence-corrected chi connectivity index (χ2v) is 8.23. The number of aromatic amines is 1. The first kappa shape index (κ1) is 21.7. The average Bonchev–Trinajstić information content (AvgIpc) is 3.14. The van der Waals surface area contributed by atoms with Gasteiger partial charge in [-0.05, 0) is 30.3 Å². The van der Waals surface area contributed by atoms with Crippen molar-refractivity contribution >= 4 is 46.2 Å². The first-order chi connectivity index (χ1) is 15.2. The van der Waals surface area contributed by atoms with Crippen molar-refractivity contribution in [2.24, 2.45) is 0 Å².